The number of benzene rings is 1. The Kier molecular flexibility index (Phi) is 6.89. The lowest BCUT2D eigenvalue weighted by Crippen LogP contribution is -2.23. The molecule has 0 aliphatic carbocycles. The van der Waals surface area contributed by atoms with Gasteiger partial charge in [-0.2, -0.15) is 0 Å². The van der Waals surface area contributed by atoms with Crippen molar-refractivity contribution in [1.29, 1.82) is 0 Å². The number of ether oxygens (including phenoxy) is 1. The van der Waals surface area contributed by atoms with Crippen LogP contribution in [0.4, 0.5) is 0 Å². The first kappa shape index (κ1) is 16.0. The highest BCUT2D eigenvalue weighted by molar-refractivity contribution is 5.27. The summed E-state index contributed by atoms with van der Waals surface area (Å²) in [6.07, 6.45) is 0.794. The molecule has 3 nitrogen and oxygen atoms in total. The number of hydrogen-bond acceptors (Lipinski definition) is 3. The van der Waals surface area contributed by atoms with Gasteiger partial charge in [0.05, 0.1) is 12.2 Å². The fraction of sp³-hybridized carbons (Fsp3) is 0.625. The topological polar surface area (TPSA) is 41.5 Å². The predicted octanol–water partition coefficient (Wildman–Crippen LogP) is 2.97. The van der Waals surface area contributed by atoms with Gasteiger partial charge in [0.1, 0.15) is 5.75 Å². The molecule has 0 aromatic heterocycles. The van der Waals surface area contributed by atoms with Crippen LogP contribution < -0.4 is 10.1 Å². The first-order valence-corrected chi connectivity index (χ1v) is 7.13. The smallest absolute Gasteiger partial charge is 0.119 e. The lowest BCUT2D eigenvalue weighted by Gasteiger charge is -2.14. The Balaban J connectivity index is 2.26. The molecule has 0 bridgehead atoms. The van der Waals surface area contributed by atoms with E-state index in [-0.39, 0.29) is 12.2 Å². The van der Waals surface area contributed by atoms with E-state index in [4.69, 9.17) is 4.74 Å². The predicted molar refractivity (Wildman–Crippen MR) is 79.4 cm³/mol. The molecule has 0 aliphatic rings. The molecule has 1 unspecified atom stereocenters. The molecule has 0 amide bonds. The monoisotopic (exact) mass is 265 g/mol. The minimum Gasteiger partial charge on any atom is -0.491 e. The normalized spacial score (nSPS) is 13.0. The van der Waals surface area contributed by atoms with Crippen molar-refractivity contribution in [2.24, 2.45) is 5.92 Å². The Bertz CT molecular complexity index is 346. The van der Waals surface area contributed by atoms with Crippen molar-refractivity contribution in [3.8, 4) is 5.75 Å². The summed E-state index contributed by atoms with van der Waals surface area (Å²) >= 11 is 0. The van der Waals surface area contributed by atoms with Crippen LogP contribution in [-0.4, -0.2) is 23.9 Å². The van der Waals surface area contributed by atoms with Gasteiger partial charge in [0.2, 0.25) is 0 Å². The molecular formula is C16H27NO2. The molecule has 1 aromatic rings. The van der Waals surface area contributed by atoms with Gasteiger partial charge in [-0.15, -0.1) is 0 Å². The third-order valence-electron chi connectivity index (χ3n) is 3.01. The van der Waals surface area contributed by atoms with Crippen molar-refractivity contribution in [1.82, 2.24) is 5.32 Å². The summed E-state index contributed by atoms with van der Waals surface area (Å²) in [7, 11) is 0. The van der Waals surface area contributed by atoms with Crippen LogP contribution in [0, 0.1) is 5.92 Å². The van der Waals surface area contributed by atoms with Gasteiger partial charge >= 0.3 is 0 Å². The van der Waals surface area contributed by atoms with Crippen LogP contribution in [0.3, 0.4) is 0 Å². The lowest BCUT2D eigenvalue weighted by atomic mass is 10.0. The summed E-state index contributed by atoms with van der Waals surface area (Å²) in [5.74, 6) is 1.24. The molecule has 19 heavy (non-hydrogen) atoms. The average molecular weight is 265 g/mol. The Labute approximate surface area is 117 Å². The van der Waals surface area contributed by atoms with E-state index in [0.717, 1.165) is 25.3 Å². The molecule has 1 aromatic carbocycles. The van der Waals surface area contributed by atoms with E-state index in [1.54, 1.807) is 0 Å². The number of hydrogen-bond donors (Lipinski definition) is 2. The zero-order valence-corrected chi connectivity index (χ0v) is 12.5. The Hall–Kier alpha value is -1.06. The van der Waals surface area contributed by atoms with Crippen LogP contribution in [0.1, 0.15) is 39.7 Å². The molecule has 108 valence electrons. The van der Waals surface area contributed by atoms with Gasteiger partial charge in [-0.3, -0.25) is 0 Å². The van der Waals surface area contributed by atoms with E-state index in [9.17, 15) is 5.11 Å². The molecule has 3 heteroatoms. The molecule has 0 saturated carbocycles. The second kappa shape index (κ2) is 8.18. The second-order valence-corrected chi connectivity index (χ2v) is 5.59. The van der Waals surface area contributed by atoms with Crippen LogP contribution >= 0.6 is 0 Å². The number of aliphatic hydroxyl groups excluding tert-OH is 1. The van der Waals surface area contributed by atoms with Crippen molar-refractivity contribution < 1.29 is 9.84 Å². The van der Waals surface area contributed by atoms with E-state index >= 15 is 0 Å². The van der Waals surface area contributed by atoms with Crippen LogP contribution in [-0.2, 0) is 6.54 Å². The largest absolute Gasteiger partial charge is 0.491 e. The van der Waals surface area contributed by atoms with Crippen molar-refractivity contribution in [2.75, 3.05) is 6.54 Å². The second-order valence-electron chi connectivity index (χ2n) is 5.59. The maximum Gasteiger partial charge on any atom is 0.119 e. The summed E-state index contributed by atoms with van der Waals surface area (Å²) in [6.45, 7) is 9.79. The van der Waals surface area contributed by atoms with E-state index < -0.39 is 0 Å². The lowest BCUT2D eigenvalue weighted by molar-refractivity contribution is 0.116. The summed E-state index contributed by atoms with van der Waals surface area (Å²) in [6, 6.07) is 8.15. The maximum absolute atomic E-state index is 9.69. The zero-order chi connectivity index (χ0) is 14.3. The van der Waals surface area contributed by atoms with E-state index in [0.29, 0.717) is 5.92 Å². The minimum absolute atomic E-state index is 0.210. The summed E-state index contributed by atoms with van der Waals surface area (Å²) in [5, 5.41) is 13.0. The first-order valence-electron chi connectivity index (χ1n) is 7.13. The standard InChI is InChI=1S/C16H27NO2/c1-12(2)16(18)9-10-17-11-14-5-7-15(8-6-14)19-13(3)4/h5-8,12-13,16-18H,9-11H2,1-4H3. The van der Waals surface area contributed by atoms with Crippen molar-refractivity contribution in [3.05, 3.63) is 29.8 Å². The van der Waals surface area contributed by atoms with Crippen LogP contribution in [0.25, 0.3) is 0 Å². The highest BCUT2D eigenvalue weighted by Crippen LogP contribution is 2.13. The number of aliphatic hydroxyl groups is 1. The average Bonchev–Trinajstić information content (AvgIpc) is 2.35. The zero-order valence-electron chi connectivity index (χ0n) is 12.5. The molecule has 0 heterocycles. The fourth-order valence-electron chi connectivity index (χ4n) is 1.77. The third-order valence-corrected chi connectivity index (χ3v) is 3.01. The Morgan fingerprint density at radius 1 is 1.11 bits per heavy atom. The number of rotatable bonds is 8. The number of nitrogens with one attached hydrogen (secondary N) is 1. The van der Waals surface area contributed by atoms with Gasteiger partial charge in [0, 0.05) is 6.54 Å². The Morgan fingerprint density at radius 3 is 2.26 bits per heavy atom. The van der Waals surface area contributed by atoms with Crippen molar-refractivity contribution in [2.45, 2.75) is 52.9 Å². The molecule has 0 radical (unpaired) electrons. The van der Waals surface area contributed by atoms with Crippen molar-refractivity contribution >= 4 is 0 Å². The van der Waals surface area contributed by atoms with Gasteiger partial charge in [-0.05, 0) is 50.4 Å². The van der Waals surface area contributed by atoms with E-state index in [1.807, 2.05) is 39.8 Å². The SMILES string of the molecule is CC(C)Oc1ccc(CNCCC(O)C(C)C)cc1. The van der Waals surface area contributed by atoms with E-state index in [2.05, 4.69) is 17.4 Å². The van der Waals surface area contributed by atoms with Gasteiger partial charge in [-0.25, -0.2) is 0 Å². The van der Waals surface area contributed by atoms with E-state index in [1.165, 1.54) is 5.56 Å². The third kappa shape index (κ3) is 6.60. The molecule has 0 fully saturated rings. The van der Waals surface area contributed by atoms with Crippen LogP contribution in [0.2, 0.25) is 0 Å². The Morgan fingerprint density at radius 2 is 1.74 bits per heavy atom. The minimum atomic E-state index is -0.214. The highest BCUT2D eigenvalue weighted by atomic mass is 16.5. The molecule has 0 saturated heterocycles. The quantitative estimate of drug-likeness (QED) is 0.710. The fourth-order valence-corrected chi connectivity index (χ4v) is 1.77. The van der Waals surface area contributed by atoms with Gasteiger partial charge in [0.25, 0.3) is 0 Å². The van der Waals surface area contributed by atoms with Crippen LogP contribution in [0.5, 0.6) is 5.75 Å². The molecule has 1 rings (SSSR count). The van der Waals surface area contributed by atoms with Crippen molar-refractivity contribution in [3.63, 3.8) is 0 Å². The summed E-state index contributed by atoms with van der Waals surface area (Å²) < 4.78 is 5.60. The van der Waals surface area contributed by atoms with Gasteiger partial charge in [0.15, 0.2) is 0 Å². The van der Waals surface area contributed by atoms with Gasteiger partial charge < -0.3 is 15.2 Å². The molecule has 2 N–H and O–H groups in total. The van der Waals surface area contributed by atoms with Crippen LogP contribution in [0.15, 0.2) is 24.3 Å². The highest BCUT2D eigenvalue weighted by Gasteiger charge is 2.07. The molecular weight excluding hydrogens is 238 g/mol. The molecule has 0 spiro atoms. The summed E-state index contributed by atoms with van der Waals surface area (Å²) in [4.78, 5) is 0. The summed E-state index contributed by atoms with van der Waals surface area (Å²) in [5.41, 5.74) is 1.23. The molecule has 1 atom stereocenters. The maximum atomic E-state index is 9.69. The van der Waals surface area contributed by atoms with Gasteiger partial charge in [-0.1, -0.05) is 26.0 Å². The first-order chi connectivity index (χ1) is 8.99. The molecule has 0 aliphatic heterocycles.